The third-order valence-electron chi connectivity index (χ3n) is 5.70. The summed E-state index contributed by atoms with van der Waals surface area (Å²) in [5, 5.41) is 3.44. The van der Waals surface area contributed by atoms with Crippen molar-refractivity contribution in [3.8, 4) is 11.5 Å². The number of nitrogens with zero attached hydrogens (tertiary/aromatic N) is 1. The molecule has 2 heterocycles. The Kier molecular flexibility index (Phi) is 4.47. The third kappa shape index (κ3) is 2.86. The highest BCUT2D eigenvalue weighted by atomic mass is 16.5. The van der Waals surface area contributed by atoms with E-state index in [0.29, 0.717) is 16.9 Å². The quantitative estimate of drug-likeness (QED) is 0.918. The second-order valence-electron chi connectivity index (χ2n) is 7.60. The molecule has 0 radical (unpaired) electrons. The number of likely N-dealkylation sites (tertiary alicyclic amines) is 1. The molecule has 0 bridgehead atoms. The Bertz CT molecular complexity index is 621. The van der Waals surface area contributed by atoms with Gasteiger partial charge in [0.2, 0.25) is 5.91 Å². The van der Waals surface area contributed by atoms with Gasteiger partial charge in [-0.1, -0.05) is 6.07 Å². The molecule has 1 aromatic rings. The predicted octanol–water partition coefficient (Wildman–Crippen LogP) is 2.19. The van der Waals surface area contributed by atoms with Crippen molar-refractivity contribution in [3.05, 3.63) is 23.8 Å². The number of carbonyl (C=O) groups excluding carboxylic acids is 1. The van der Waals surface area contributed by atoms with Crippen molar-refractivity contribution in [2.24, 2.45) is 5.41 Å². The average molecular weight is 332 g/mol. The minimum atomic E-state index is -0.586. The Hall–Kier alpha value is -1.75. The molecule has 5 heteroatoms. The molecule has 1 N–H and O–H groups in total. The molecule has 24 heavy (non-hydrogen) atoms. The molecule has 5 nitrogen and oxygen atoms in total. The van der Waals surface area contributed by atoms with Crippen molar-refractivity contribution in [2.45, 2.75) is 32.1 Å². The predicted molar refractivity (Wildman–Crippen MR) is 93.7 cm³/mol. The maximum Gasteiger partial charge on any atom is 0.232 e. The van der Waals surface area contributed by atoms with Gasteiger partial charge in [0.15, 0.2) is 11.5 Å². The average Bonchev–Trinajstić information content (AvgIpc) is 3.23. The summed E-state index contributed by atoms with van der Waals surface area (Å²) in [7, 11) is 3.24. The van der Waals surface area contributed by atoms with Crippen LogP contribution in [0.25, 0.3) is 0 Å². The Morgan fingerprint density at radius 2 is 1.96 bits per heavy atom. The number of nitrogens with one attached hydrogen (secondary N) is 1. The molecule has 1 aromatic carbocycles. The maximum absolute atomic E-state index is 13.2. The van der Waals surface area contributed by atoms with E-state index < -0.39 is 5.41 Å². The van der Waals surface area contributed by atoms with Crippen LogP contribution in [0, 0.1) is 5.41 Å². The van der Waals surface area contributed by atoms with Crippen molar-refractivity contribution < 1.29 is 14.3 Å². The lowest BCUT2D eigenvalue weighted by Gasteiger charge is -2.31. The van der Waals surface area contributed by atoms with Gasteiger partial charge in [-0.2, -0.15) is 0 Å². The first-order valence-electron chi connectivity index (χ1n) is 8.64. The van der Waals surface area contributed by atoms with Crippen LogP contribution in [0.5, 0.6) is 11.5 Å². The third-order valence-corrected chi connectivity index (χ3v) is 5.70. The van der Waals surface area contributed by atoms with E-state index in [9.17, 15) is 4.79 Å². The van der Waals surface area contributed by atoms with Gasteiger partial charge in [0.05, 0.1) is 19.6 Å². The fourth-order valence-electron chi connectivity index (χ4n) is 4.00. The van der Waals surface area contributed by atoms with Crippen molar-refractivity contribution >= 4 is 5.91 Å². The normalized spacial score (nSPS) is 23.8. The topological polar surface area (TPSA) is 50.8 Å². The van der Waals surface area contributed by atoms with E-state index in [1.807, 2.05) is 36.9 Å². The molecule has 2 aliphatic rings. The first kappa shape index (κ1) is 17.1. The molecule has 1 atom stereocenters. The molecule has 0 aromatic heterocycles. The highest BCUT2D eigenvalue weighted by Gasteiger charge is 2.45. The van der Waals surface area contributed by atoms with Gasteiger partial charge in [0.25, 0.3) is 0 Å². The van der Waals surface area contributed by atoms with Crippen molar-refractivity contribution in [2.75, 3.05) is 40.4 Å². The van der Waals surface area contributed by atoms with Crippen LogP contribution in [0.15, 0.2) is 18.2 Å². The van der Waals surface area contributed by atoms with Crippen molar-refractivity contribution in [3.63, 3.8) is 0 Å². The zero-order chi connectivity index (χ0) is 17.4. The maximum atomic E-state index is 13.2. The lowest BCUT2D eigenvalue weighted by Crippen LogP contribution is -2.43. The highest BCUT2D eigenvalue weighted by molar-refractivity contribution is 5.88. The first-order chi connectivity index (χ1) is 11.4. The monoisotopic (exact) mass is 332 g/mol. The molecule has 1 spiro atoms. The molecule has 1 unspecified atom stereocenters. The molecular weight excluding hydrogens is 304 g/mol. The van der Waals surface area contributed by atoms with E-state index in [1.54, 1.807) is 14.2 Å². The number of carbonyl (C=O) groups is 1. The molecular formula is C19H28N2O3. The summed E-state index contributed by atoms with van der Waals surface area (Å²) in [6.45, 7) is 7.82. The van der Waals surface area contributed by atoms with E-state index in [4.69, 9.17) is 9.47 Å². The van der Waals surface area contributed by atoms with E-state index >= 15 is 0 Å². The largest absolute Gasteiger partial charge is 0.493 e. The van der Waals surface area contributed by atoms with Gasteiger partial charge in [0, 0.05) is 25.0 Å². The molecule has 3 rings (SSSR count). The van der Waals surface area contributed by atoms with Gasteiger partial charge in [-0.3, -0.25) is 4.79 Å². The number of ether oxygens (including phenoxy) is 2. The number of hydrogen-bond acceptors (Lipinski definition) is 4. The minimum Gasteiger partial charge on any atom is -0.493 e. The summed E-state index contributed by atoms with van der Waals surface area (Å²) in [4.78, 5) is 15.2. The number of hydrogen-bond donors (Lipinski definition) is 1. The molecule has 1 amide bonds. The molecule has 2 saturated heterocycles. The summed E-state index contributed by atoms with van der Waals surface area (Å²) in [6, 6.07) is 5.75. The van der Waals surface area contributed by atoms with Crippen LogP contribution in [0.2, 0.25) is 0 Å². The minimum absolute atomic E-state index is 0.193. The Morgan fingerprint density at radius 1 is 1.21 bits per heavy atom. The molecule has 2 fully saturated rings. The SMILES string of the molecule is COc1ccc(C(C)(C)C(=O)N2CCC3(CCNC3)C2)cc1OC. The summed E-state index contributed by atoms with van der Waals surface area (Å²) in [5.74, 6) is 1.54. The first-order valence-corrected chi connectivity index (χ1v) is 8.64. The Balaban J connectivity index is 1.81. The van der Waals surface area contributed by atoms with Crippen LogP contribution >= 0.6 is 0 Å². The fourth-order valence-corrected chi connectivity index (χ4v) is 4.00. The number of methoxy groups -OCH3 is 2. The lowest BCUT2D eigenvalue weighted by atomic mass is 9.82. The molecule has 0 aliphatic carbocycles. The van der Waals surface area contributed by atoms with E-state index in [-0.39, 0.29) is 5.91 Å². The Labute approximate surface area is 144 Å². The molecule has 0 saturated carbocycles. The van der Waals surface area contributed by atoms with Crippen LogP contribution in [0.4, 0.5) is 0 Å². The standard InChI is InChI=1S/C19H28N2O3/c1-18(2,14-5-6-15(23-3)16(11-14)24-4)17(22)21-10-8-19(13-21)7-9-20-12-19/h5-6,11,20H,7-10,12-13H2,1-4H3. The summed E-state index contributed by atoms with van der Waals surface area (Å²) >= 11 is 0. The second kappa shape index (κ2) is 6.28. The van der Waals surface area contributed by atoms with E-state index in [2.05, 4.69) is 5.32 Å². The van der Waals surface area contributed by atoms with Crippen LogP contribution in [0.1, 0.15) is 32.3 Å². The summed E-state index contributed by atoms with van der Waals surface area (Å²) < 4.78 is 10.7. The zero-order valence-electron chi connectivity index (χ0n) is 15.1. The lowest BCUT2D eigenvalue weighted by molar-refractivity contribution is -0.135. The van der Waals surface area contributed by atoms with Crippen LogP contribution in [-0.4, -0.2) is 51.2 Å². The van der Waals surface area contributed by atoms with Crippen LogP contribution in [0.3, 0.4) is 0 Å². The number of benzene rings is 1. The fraction of sp³-hybridized carbons (Fsp3) is 0.632. The summed E-state index contributed by atoms with van der Waals surface area (Å²) in [6.07, 6.45) is 2.28. The number of amides is 1. The van der Waals surface area contributed by atoms with E-state index in [0.717, 1.165) is 38.2 Å². The van der Waals surface area contributed by atoms with E-state index in [1.165, 1.54) is 6.42 Å². The van der Waals surface area contributed by atoms with Crippen LogP contribution < -0.4 is 14.8 Å². The van der Waals surface area contributed by atoms with Gasteiger partial charge < -0.3 is 19.7 Å². The van der Waals surface area contributed by atoms with Crippen molar-refractivity contribution in [1.29, 1.82) is 0 Å². The molecule has 2 aliphatic heterocycles. The van der Waals surface area contributed by atoms with Gasteiger partial charge >= 0.3 is 0 Å². The highest BCUT2D eigenvalue weighted by Crippen LogP contribution is 2.39. The van der Waals surface area contributed by atoms with Gasteiger partial charge in [-0.15, -0.1) is 0 Å². The smallest absolute Gasteiger partial charge is 0.232 e. The molecule has 132 valence electrons. The van der Waals surface area contributed by atoms with Crippen molar-refractivity contribution in [1.82, 2.24) is 10.2 Å². The summed E-state index contributed by atoms with van der Waals surface area (Å²) in [5.41, 5.74) is 0.663. The van der Waals surface area contributed by atoms with Crippen LogP contribution in [-0.2, 0) is 10.2 Å². The second-order valence-corrected chi connectivity index (χ2v) is 7.60. The van der Waals surface area contributed by atoms with Gasteiger partial charge in [-0.25, -0.2) is 0 Å². The number of rotatable bonds is 4. The zero-order valence-corrected chi connectivity index (χ0v) is 15.1. The van der Waals surface area contributed by atoms with Gasteiger partial charge in [-0.05, 0) is 50.9 Å². The van der Waals surface area contributed by atoms with Gasteiger partial charge in [0.1, 0.15) is 0 Å². The Morgan fingerprint density at radius 3 is 2.58 bits per heavy atom.